The number of anilines is 2. The van der Waals surface area contributed by atoms with Crippen molar-refractivity contribution in [2.45, 2.75) is 46.6 Å². The third-order valence-corrected chi connectivity index (χ3v) is 5.43. The molecule has 0 saturated heterocycles. The quantitative estimate of drug-likeness (QED) is 0.850. The molecule has 142 valence electrons. The summed E-state index contributed by atoms with van der Waals surface area (Å²) in [6.45, 7) is 8.32. The average molecular weight is 366 g/mol. The zero-order valence-corrected chi connectivity index (χ0v) is 16.3. The van der Waals surface area contributed by atoms with E-state index in [1.54, 1.807) is 4.90 Å². The topological polar surface area (TPSA) is 60.9 Å². The van der Waals surface area contributed by atoms with Gasteiger partial charge in [0.05, 0.1) is 17.4 Å². The van der Waals surface area contributed by atoms with Crippen molar-refractivity contribution in [3.63, 3.8) is 0 Å². The first-order valence-corrected chi connectivity index (χ1v) is 9.41. The number of rotatable bonds is 3. The molecule has 2 amide bonds. The van der Waals surface area contributed by atoms with Gasteiger partial charge in [0, 0.05) is 12.1 Å². The van der Waals surface area contributed by atoms with Gasteiger partial charge in [0.25, 0.3) is 5.91 Å². The van der Waals surface area contributed by atoms with Crippen LogP contribution >= 0.6 is 0 Å². The first-order valence-electron chi connectivity index (χ1n) is 9.41. The van der Waals surface area contributed by atoms with Crippen LogP contribution in [0.1, 0.15) is 47.3 Å². The van der Waals surface area contributed by atoms with Crippen molar-refractivity contribution in [2.75, 3.05) is 16.3 Å². The van der Waals surface area contributed by atoms with Gasteiger partial charge in [-0.15, -0.1) is 0 Å². The highest BCUT2D eigenvalue weighted by Gasteiger charge is 2.36. The fourth-order valence-electron chi connectivity index (χ4n) is 3.58. The van der Waals surface area contributed by atoms with E-state index >= 15 is 0 Å². The molecule has 1 aliphatic heterocycles. The molecule has 2 aromatic rings. The Bertz CT molecular complexity index is 874. The fourth-order valence-corrected chi connectivity index (χ4v) is 3.58. The molecule has 0 fully saturated rings. The van der Waals surface area contributed by atoms with E-state index in [-0.39, 0.29) is 11.9 Å². The summed E-state index contributed by atoms with van der Waals surface area (Å²) in [6.07, 6.45) is 0.577. The number of aryl methyl sites for hydroxylation is 3. The van der Waals surface area contributed by atoms with Gasteiger partial charge in [0.2, 0.25) is 0 Å². The molecule has 5 nitrogen and oxygen atoms in total. The number of hydrogen-bond acceptors (Lipinski definition) is 2. The van der Waals surface area contributed by atoms with Crippen molar-refractivity contribution in [3.8, 4) is 0 Å². The molecule has 1 aliphatic rings. The van der Waals surface area contributed by atoms with Crippen LogP contribution in [0, 0.1) is 13.8 Å². The fraction of sp³-hybridized carbons (Fsp3) is 0.364. The first kappa shape index (κ1) is 19.0. The molecule has 1 N–H and O–H groups in total. The van der Waals surface area contributed by atoms with E-state index in [0.29, 0.717) is 29.9 Å². The summed E-state index contributed by atoms with van der Waals surface area (Å²) in [5.74, 6) is -0.0920. The lowest BCUT2D eigenvalue weighted by Gasteiger charge is -2.41. The van der Waals surface area contributed by atoms with Crippen LogP contribution in [0.5, 0.6) is 0 Å². The molecule has 27 heavy (non-hydrogen) atoms. The summed E-state index contributed by atoms with van der Waals surface area (Å²) in [5.41, 5.74) is 5.09. The Labute approximate surface area is 160 Å². The number of carbonyl (C=O) groups excluding carboxylic acids is 1. The van der Waals surface area contributed by atoms with E-state index in [1.807, 2.05) is 57.2 Å². The lowest BCUT2D eigenvalue weighted by Crippen LogP contribution is -2.52. The van der Waals surface area contributed by atoms with Crippen LogP contribution in [0.2, 0.25) is 0 Å². The second-order valence-electron chi connectivity index (χ2n) is 7.11. The second-order valence-corrected chi connectivity index (χ2v) is 7.11. The van der Waals surface area contributed by atoms with Gasteiger partial charge < -0.3 is 10.0 Å². The summed E-state index contributed by atoms with van der Waals surface area (Å²) in [5, 5.41) is 9.77. The van der Waals surface area contributed by atoms with Crippen LogP contribution in [-0.2, 0) is 6.42 Å². The maximum Gasteiger partial charge on any atom is 0.412 e. The highest BCUT2D eigenvalue weighted by Crippen LogP contribution is 2.39. The van der Waals surface area contributed by atoms with E-state index in [1.165, 1.54) is 10.5 Å². The number of carbonyl (C=O) groups is 2. The molecular weight excluding hydrogens is 340 g/mol. The van der Waals surface area contributed by atoms with Crippen LogP contribution in [0.25, 0.3) is 0 Å². The molecule has 1 atom stereocenters. The van der Waals surface area contributed by atoms with Gasteiger partial charge >= 0.3 is 6.09 Å². The van der Waals surface area contributed by atoms with Gasteiger partial charge in [-0.25, -0.2) is 4.79 Å². The Morgan fingerprint density at radius 2 is 1.63 bits per heavy atom. The molecule has 0 bridgehead atoms. The Morgan fingerprint density at radius 1 is 1.04 bits per heavy atom. The Balaban J connectivity index is 2.10. The number of nitrogens with zero attached hydrogens (tertiary/aromatic N) is 2. The molecular formula is C22H26N2O3. The molecule has 0 aromatic heterocycles. The standard InChI is InChI=1S/C22H26N2O3/c1-5-16-7-9-17(10-8-16)21(25)23-13-18(6-2)24(22(26)27)20-12-15(4)14(3)11-19(20)23/h7-12,18H,5-6,13H2,1-4H3,(H,26,27). The first-order chi connectivity index (χ1) is 12.9. The summed E-state index contributed by atoms with van der Waals surface area (Å²) in [6, 6.07) is 11.2. The van der Waals surface area contributed by atoms with Crippen molar-refractivity contribution in [1.82, 2.24) is 0 Å². The molecule has 0 saturated carbocycles. The predicted octanol–water partition coefficient (Wildman–Crippen LogP) is 4.79. The Hall–Kier alpha value is -2.82. The van der Waals surface area contributed by atoms with Crippen molar-refractivity contribution in [2.24, 2.45) is 0 Å². The summed E-state index contributed by atoms with van der Waals surface area (Å²) >= 11 is 0. The van der Waals surface area contributed by atoms with E-state index in [2.05, 4.69) is 6.92 Å². The van der Waals surface area contributed by atoms with E-state index in [9.17, 15) is 14.7 Å². The highest BCUT2D eigenvalue weighted by molar-refractivity contribution is 6.10. The van der Waals surface area contributed by atoms with E-state index in [0.717, 1.165) is 17.5 Å². The van der Waals surface area contributed by atoms with Crippen molar-refractivity contribution in [1.29, 1.82) is 0 Å². The van der Waals surface area contributed by atoms with Crippen LogP contribution in [-0.4, -0.2) is 29.7 Å². The number of benzene rings is 2. The van der Waals surface area contributed by atoms with Crippen LogP contribution < -0.4 is 9.80 Å². The molecule has 1 unspecified atom stereocenters. The molecule has 0 radical (unpaired) electrons. The SMILES string of the molecule is CCc1ccc(C(=O)N2CC(CC)N(C(=O)O)c3cc(C)c(C)cc32)cc1. The lowest BCUT2D eigenvalue weighted by molar-refractivity contribution is 0.0982. The minimum atomic E-state index is -0.981. The minimum Gasteiger partial charge on any atom is -0.465 e. The smallest absolute Gasteiger partial charge is 0.412 e. The van der Waals surface area contributed by atoms with E-state index < -0.39 is 6.09 Å². The second kappa shape index (κ2) is 7.43. The number of fused-ring (bicyclic) bond motifs is 1. The third kappa shape index (κ3) is 3.42. The number of hydrogen-bond donors (Lipinski definition) is 1. The highest BCUT2D eigenvalue weighted by atomic mass is 16.4. The van der Waals surface area contributed by atoms with Crippen molar-refractivity contribution in [3.05, 3.63) is 58.7 Å². The maximum atomic E-state index is 13.3. The molecule has 3 rings (SSSR count). The average Bonchev–Trinajstić information content (AvgIpc) is 2.67. The number of carboxylic acid groups (broad SMARTS) is 1. The Morgan fingerprint density at radius 3 is 2.15 bits per heavy atom. The zero-order valence-electron chi connectivity index (χ0n) is 16.3. The molecule has 5 heteroatoms. The normalized spacial score (nSPS) is 16.2. The number of amides is 2. The third-order valence-electron chi connectivity index (χ3n) is 5.43. The summed E-state index contributed by atoms with van der Waals surface area (Å²) in [7, 11) is 0. The largest absolute Gasteiger partial charge is 0.465 e. The van der Waals surface area contributed by atoms with Gasteiger partial charge in [0.15, 0.2) is 0 Å². The van der Waals surface area contributed by atoms with Gasteiger partial charge in [-0.05, 0) is 67.6 Å². The molecule has 0 spiro atoms. The van der Waals surface area contributed by atoms with Gasteiger partial charge in [-0.3, -0.25) is 9.69 Å². The van der Waals surface area contributed by atoms with Crippen molar-refractivity contribution >= 4 is 23.4 Å². The molecule has 1 heterocycles. The lowest BCUT2D eigenvalue weighted by atomic mass is 9.99. The van der Waals surface area contributed by atoms with Crippen LogP contribution in [0.4, 0.5) is 16.2 Å². The Kier molecular flexibility index (Phi) is 5.22. The van der Waals surface area contributed by atoms with Crippen LogP contribution in [0.3, 0.4) is 0 Å². The minimum absolute atomic E-state index is 0.0920. The molecule has 2 aromatic carbocycles. The van der Waals surface area contributed by atoms with Gasteiger partial charge in [-0.2, -0.15) is 0 Å². The van der Waals surface area contributed by atoms with Gasteiger partial charge in [-0.1, -0.05) is 26.0 Å². The van der Waals surface area contributed by atoms with Crippen LogP contribution in [0.15, 0.2) is 36.4 Å². The predicted molar refractivity (Wildman–Crippen MR) is 108 cm³/mol. The molecule has 0 aliphatic carbocycles. The zero-order chi connectivity index (χ0) is 19.7. The maximum absolute atomic E-state index is 13.3. The summed E-state index contributed by atoms with van der Waals surface area (Å²) < 4.78 is 0. The van der Waals surface area contributed by atoms with Gasteiger partial charge in [0.1, 0.15) is 0 Å². The van der Waals surface area contributed by atoms with Crippen molar-refractivity contribution < 1.29 is 14.7 Å². The van der Waals surface area contributed by atoms with E-state index in [4.69, 9.17) is 0 Å². The summed E-state index contributed by atoms with van der Waals surface area (Å²) in [4.78, 5) is 28.3. The monoisotopic (exact) mass is 366 g/mol.